The zero-order chi connectivity index (χ0) is 11.9. The molecule has 2 aliphatic carbocycles. The van der Waals surface area contributed by atoms with Gasteiger partial charge in [0.05, 0.1) is 0 Å². The van der Waals surface area contributed by atoms with Crippen LogP contribution < -0.4 is 11.5 Å². The summed E-state index contributed by atoms with van der Waals surface area (Å²) in [5.74, 6) is 1.60. The predicted octanol–water partition coefficient (Wildman–Crippen LogP) is 1.86. The molecule has 3 atom stereocenters. The molecule has 0 spiro atoms. The Kier molecular flexibility index (Phi) is 2.72. The lowest BCUT2D eigenvalue weighted by molar-refractivity contribution is 0.146. The standard InChI is InChI=1S/C15H22N2/c16-10-15(17)6-5-13-7-11-3-1-2-4-12(11)8-14(13)9-15/h1-4,13-14H,5-10,16-17H2. The van der Waals surface area contributed by atoms with Crippen molar-refractivity contribution in [3.8, 4) is 0 Å². The van der Waals surface area contributed by atoms with Gasteiger partial charge in [-0.2, -0.15) is 0 Å². The number of hydrogen-bond donors (Lipinski definition) is 2. The SMILES string of the molecule is NCC1(N)CCC2Cc3ccccc3CC2C1. The second-order valence-corrected chi connectivity index (χ2v) is 6.01. The molecular weight excluding hydrogens is 208 g/mol. The van der Waals surface area contributed by atoms with Crippen LogP contribution in [0.2, 0.25) is 0 Å². The first-order chi connectivity index (χ1) is 8.20. The molecule has 2 aliphatic rings. The summed E-state index contributed by atoms with van der Waals surface area (Å²) in [4.78, 5) is 0. The molecule has 0 radical (unpaired) electrons. The number of benzene rings is 1. The topological polar surface area (TPSA) is 52.0 Å². The summed E-state index contributed by atoms with van der Waals surface area (Å²) in [5.41, 5.74) is 15.2. The molecule has 0 aromatic heterocycles. The summed E-state index contributed by atoms with van der Waals surface area (Å²) in [6.07, 6.45) is 5.93. The summed E-state index contributed by atoms with van der Waals surface area (Å²) < 4.78 is 0. The van der Waals surface area contributed by atoms with Crippen molar-refractivity contribution in [2.75, 3.05) is 6.54 Å². The summed E-state index contributed by atoms with van der Waals surface area (Å²) in [7, 11) is 0. The summed E-state index contributed by atoms with van der Waals surface area (Å²) in [6, 6.07) is 8.88. The lowest BCUT2D eigenvalue weighted by Crippen LogP contribution is -2.53. The normalized spacial score (nSPS) is 36.1. The monoisotopic (exact) mass is 230 g/mol. The largest absolute Gasteiger partial charge is 0.329 e. The van der Waals surface area contributed by atoms with Gasteiger partial charge in [-0.3, -0.25) is 0 Å². The number of rotatable bonds is 1. The third-order valence-corrected chi connectivity index (χ3v) is 4.84. The van der Waals surface area contributed by atoms with Gasteiger partial charge in [0, 0.05) is 12.1 Å². The van der Waals surface area contributed by atoms with E-state index >= 15 is 0 Å². The Balaban J connectivity index is 1.83. The van der Waals surface area contributed by atoms with Crippen LogP contribution in [0.1, 0.15) is 30.4 Å². The van der Waals surface area contributed by atoms with E-state index in [1.54, 1.807) is 5.56 Å². The van der Waals surface area contributed by atoms with Crippen LogP contribution in [0.4, 0.5) is 0 Å². The molecule has 0 amide bonds. The minimum atomic E-state index is -0.0898. The molecule has 0 bridgehead atoms. The van der Waals surface area contributed by atoms with Crippen LogP contribution in [0.5, 0.6) is 0 Å². The van der Waals surface area contributed by atoms with Crippen molar-refractivity contribution in [3.05, 3.63) is 35.4 Å². The molecule has 2 heteroatoms. The number of fused-ring (bicyclic) bond motifs is 2. The van der Waals surface area contributed by atoms with Crippen LogP contribution in [-0.2, 0) is 12.8 Å². The van der Waals surface area contributed by atoms with Crippen molar-refractivity contribution >= 4 is 0 Å². The van der Waals surface area contributed by atoms with Crippen LogP contribution in [0.3, 0.4) is 0 Å². The molecule has 4 N–H and O–H groups in total. The third-order valence-electron chi connectivity index (χ3n) is 4.84. The van der Waals surface area contributed by atoms with E-state index in [1.165, 1.54) is 24.8 Å². The molecule has 1 aromatic carbocycles. The Morgan fingerprint density at radius 2 is 1.76 bits per heavy atom. The lowest BCUT2D eigenvalue weighted by Gasteiger charge is -2.44. The average molecular weight is 230 g/mol. The maximum atomic E-state index is 6.36. The highest BCUT2D eigenvalue weighted by molar-refractivity contribution is 5.31. The molecule has 92 valence electrons. The first-order valence-corrected chi connectivity index (χ1v) is 6.76. The smallest absolute Gasteiger partial charge is 0.0281 e. The second kappa shape index (κ2) is 4.11. The first kappa shape index (κ1) is 11.2. The van der Waals surface area contributed by atoms with Gasteiger partial charge >= 0.3 is 0 Å². The van der Waals surface area contributed by atoms with E-state index < -0.39 is 0 Å². The van der Waals surface area contributed by atoms with Crippen molar-refractivity contribution in [1.29, 1.82) is 0 Å². The molecule has 0 aliphatic heterocycles. The molecule has 2 nitrogen and oxygen atoms in total. The minimum absolute atomic E-state index is 0.0898. The van der Waals surface area contributed by atoms with Crippen LogP contribution in [0, 0.1) is 11.8 Å². The van der Waals surface area contributed by atoms with Gasteiger partial charge < -0.3 is 11.5 Å². The molecule has 17 heavy (non-hydrogen) atoms. The van der Waals surface area contributed by atoms with E-state index in [-0.39, 0.29) is 5.54 Å². The Labute approximate surface area is 103 Å². The average Bonchev–Trinajstić information content (AvgIpc) is 2.36. The highest BCUT2D eigenvalue weighted by Gasteiger charge is 2.39. The van der Waals surface area contributed by atoms with E-state index in [0.29, 0.717) is 6.54 Å². The molecular formula is C15H22N2. The number of hydrogen-bond acceptors (Lipinski definition) is 2. The van der Waals surface area contributed by atoms with E-state index in [9.17, 15) is 0 Å². The van der Waals surface area contributed by atoms with Crippen molar-refractivity contribution in [1.82, 2.24) is 0 Å². The number of nitrogens with two attached hydrogens (primary N) is 2. The minimum Gasteiger partial charge on any atom is -0.329 e. The van der Waals surface area contributed by atoms with Crippen LogP contribution in [-0.4, -0.2) is 12.1 Å². The van der Waals surface area contributed by atoms with Crippen molar-refractivity contribution in [2.24, 2.45) is 23.3 Å². The van der Waals surface area contributed by atoms with Gasteiger partial charge in [0.25, 0.3) is 0 Å². The summed E-state index contributed by atoms with van der Waals surface area (Å²) >= 11 is 0. The highest BCUT2D eigenvalue weighted by atomic mass is 14.8. The van der Waals surface area contributed by atoms with E-state index in [4.69, 9.17) is 11.5 Å². The van der Waals surface area contributed by atoms with E-state index in [0.717, 1.165) is 24.7 Å². The van der Waals surface area contributed by atoms with Crippen molar-refractivity contribution in [3.63, 3.8) is 0 Å². The van der Waals surface area contributed by atoms with Gasteiger partial charge in [-0.05, 0) is 55.1 Å². The Morgan fingerprint density at radius 3 is 2.41 bits per heavy atom. The van der Waals surface area contributed by atoms with Crippen LogP contribution >= 0.6 is 0 Å². The molecule has 0 saturated heterocycles. The maximum absolute atomic E-state index is 6.36. The van der Waals surface area contributed by atoms with Gasteiger partial charge in [-0.1, -0.05) is 24.3 Å². The van der Waals surface area contributed by atoms with Gasteiger partial charge in [-0.15, -0.1) is 0 Å². The van der Waals surface area contributed by atoms with E-state index in [1.807, 2.05) is 0 Å². The second-order valence-electron chi connectivity index (χ2n) is 6.01. The Bertz CT molecular complexity index is 415. The summed E-state index contributed by atoms with van der Waals surface area (Å²) in [5, 5.41) is 0. The summed E-state index contributed by atoms with van der Waals surface area (Å²) in [6.45, 7) is 0.637. The van der Waals surface area contributed by atoms with Gasteiger partial charge in [0.15, 0.2) is 0 Å². The lowest BCUT2D eigenvalue weighted by atomic mass is 9.64. The molecule has 0 heterocycles. The van der Waals surface area contributed by atoms with Crippen LogP contribution in [0.15, 0.2) is 24.3 Å². The molecule has 1 saturated carbocycles. The fourth-order valence-corrected chi connectivity index (χ4v) is 3.71. The maximum Gasteiger partial charge on any atom is 0.0281 e. The van der Waals surface area contributed by atoms with Crippen molar-refractivity contribution < 1.29 is 0 Å². The quantitative estimate of drug-likeness (QED) is 0.773. The van der Waals surface area contributed by atoms with Crippen LogP contribution in [0.25, 0.3) is 0 Å². The first-order valence-electron chi connectivity index (χ1n) is 6.76. The fourth-order valence-electron chi connectivity index (χ4n) is 3.71. The van der Waals surface area contributed by atoms with E-state index in [2.05, 4.69) is 24.3 Å². The van der Waals surface area contributed by atoms with Gasteiger partial charge in [-0.25, -0.2) is 0 Å². The van der Waals surface area contributed by atoms with Gasteiger partial charge in [0.1, 0.15) is 0 Å². The van der Waals surface area contributed by atoms with Crippen molar-refractivity contribution in [2.45, 2.75) is 37.6 Å². The molecule has 3 rings (SSSR count). The van der Waals surface area contributed by atoms with Gasteiger partial charge in [0.2, 0.25) is 0 Å². The highest BCUT2D eigenvalue weighted by Crippen LogP contribution is 2.42. The predicted molar refractivity (Wildman–Crippen MR) is 70.7 cm³/mol. The third kappa shape index (κ3) is 2.00. The zero-order valence-corrected chi connectivity index (χ0v) is 10.4. The molecule has 3 unspecified atom stereocenters. The zero-order valence-electron chi connectivity index (χ0n) is 10.4. The Hall–Kier alpha value is -0.860. The fraction of sp³-hybridized carbons (Fsp3) is 0.600. The Morgan fingerprint density at radius 1 is 1.12 bits per heavy atom. The molecule has 1 aromatic rings. The molecule has 1 fully saturated rings.